The molecule has 0 unspecified atom stereocenters. The molecule has 0 bridgehead atoms. The largest absolute Gasteiger partial charge is 0.384 e. The number of hydrogen-bond donors (Lipinski definition) is 2. The first-order valence-corrected chi connectivity index (χ1v) is 10.5. The van der Waals surface area contributed by atoms with Crippen LogP contribution < -0.4 is 0 Å². The molecular weight excluding hydrogens is 389 g/mol. The standard InChI is InChI=1S/C23H27ClFN3O/c1-13(2)28-11-14(3)23(29,15(4)12-28)18-6-5-16(9-19(18)24)17-7-8-26-22-21(17)20(25)10-27-22/h5-10,13-15,29H,11-12H2,1-4H3,(H,26,27)/t14-,15+,23-. The van der Waals surface area contributed by atoms with E-state index in [1.807, 2.05) is 18.2 Å². The molecule has 3 heterocycles. The van der Waals surface area contributed by atoms with E-state index in [4.69, 9.17) is 11.6 Å². The summed E-state index contributed by atoms with van der Waals surface area (Å²) in [5.41, 5.74) is 1.76. The van der Waals surface area contributed by atoms with Crippen molar-refractivity contribution < 1.29 is 9.50 Å². The highest BCUT2D eigenvalue weighted by Crippen LogP contribution is 2.45. The molecule has 1 fully saturated rings. The van der Waals surface area contributed by atoms with Gasteiger partial charge in [0.05, 0.1) is 11.0 Å². The van der Waals surface area contributed by atoms with Crippen molar-refractivity contribution in [2.75, 3.05) is 13.1 Å². The number of piperidine rings is 1. The first kappa shape index (κ1) is 20.3. The summed E-state index contributed by atoms with van der Waals surface area (Å²) in [7, 11) is 0. The summed E-state index contributed by atoms with van der Waals surface area (Å²) in [5, 5.41) is 12.7. The molecule has 4 rings (SSSR count). The second kappa shape index (κ2) is 7.38. The molecule has 1 saturated heterocycles. The van der Waals surface area contributed by atoms with Gasteiger partial charge in [-0.15, -0.1) is 0 Å². The van der Waals surface area contributed by atoms with Crippen LogP contribution in [0.4, 0.5) is 4.39 Å². The van der Waals surface area contributed by atoms with Crippen LogP contribution in [0.25, 0.3) is 22.2 Å². The number of benzene rings is 1. The Kier molecular flexibility index (Phi) is 5.18. The van der Waals surface area contributed by atoms with Gasteiger partial charge in [0.1, 0.15) is 5.65 Å². The summed E-state index contributed by atoms with van der Waals surface area (Å²) >= 11 is 6.71. The van der Waals surface area contributed by atoms with Crippen LogP contribution in [0.3, 0.4) is 0 Å². The van der Waals surface area contributed by atoms with Crippen LogP contribution in [0.2, 0.25) is 5.02 Å². The highest BCUT2D eigenvalue weighted by Gasteiger charge is 2.47. The van der Waals surface area contributed by atoms with Gasteiger partial charge in [0.15, 0.2) is 5.82 Å². The number of aromatic nitrogens is 2. The number of hydrogen-bond acceptors (Lipinski definition) is 3. The van der Waals surface area contributed by atoms with Crippen LogP contribution in [0.15, 0.2) is 36.7 Å². The fourth-order valence-electron chi connectivity index (χ4n) is 4.76. The van der Waals surface area contributed by atoms with Crippen molar-refractivity contribution in [1.82, 2.24) is 14.9 Å². The molecule has 0 amide bonds. The third kappa shape index (κ3) is 3.25. The van der Waals surface area contributed by atoms with Gasteiger partial charge in [-0.2, -0.15) is 0 Å². The lowest BCUT2D eigenvalue weighted by molar-refractivity contribution is -0.117. The monoisotopic (exact) mass is 415 g/mol. The summed E-state index contributed by atoms with van der Waals surface area (Å²) in [6, 6.07) is 7.85. The van der Waals surface area contributed by atoms with Gasteiger partial charge < -0.3 is 15.0 Å². The lowest BCUT2D eigenvalue weighted by atomic mass is 9.70. The van der Waals surface area contributed by atoms with E-state index in [-0.39, 0.29) is 17.7 Å². The van der Waals surface area contributed by atoms with Crippen molar-refractivity contribution in [3.63, 3.8) is 0 Å². The Labute approximate surface area is 175 Å². The number of likely N-dealkylation sites (tertiary alicyclic amines) is 1. The van der Waals surface area contributed by atoms with Gasteiger partial charge in [-0.1, -0.05) is 37.6 Å². The minimum Gasteiger partial charge on any atom is -0.384 e. The summed E-state index contributed by atoms with van der Waals surface area (Å²) in [6.45, 7) is 10.2. The number of H-pyrrole nitrogens is 1. The van der Waals surface area contributed by atoms with Gasteiger partial charge in [-0.05, 0) is 37.1 Å². The van der Waals surface area contributed by atoms with Gasteiger partial charge in [0, 0.05) is 53.9 Å². The van der Waals surface area contributed by atoms with E-state index in [0.29, 0.717) is 22.1 Å². The Bertz CT molecular complexity index is 1040. The lowest BCUT2D eigenvalue weighted by Gasteiger charge is -2.49. The van der Waals surface area contributed by atoms with Crippen molar-refractivity contribution in [2.45, 2.75) is 39.3 Å². The average Bonchev–Trinajstić information content (AvgIpc) is 3.06. The van der Waals surface area contributed by atoms with Crippen LogP contribution in [-0.2, 0) is 5.60 Å². The molecule has 1 aliphatic rings. The Hall–Kier alpha value is -1.95. The normalized spacial score (nSPS) is 25.8. The van der Waals surface area contributed by atoms with Crippen molar-refractivity contribution in [3.8, 4) is 11.1 Å². The number of nitrogens with one attached hydrogen (secondary N) is 1. The molecule has 6 heteroatoms. The molecule has 154 valence electrons. The molecule has 0 aliphatic carbocycles. The Morgan fingerprint density at radius 2 is 1.93 bits per heavy atom. The molecule has 0 spiro atoms. The zero-order chi connectivity index (χ0) is 20.9. The molecule has 1 aliphatic heterocycles. The maximum atomic E-state index is 14.3. The third-order valence-electron chi connectivity index (χ3n) is 6.49. The first-order chi connectivity index (χ1) is 13.7. The van der Waals surface area contributed by atoms with E-state index in [1.165, 1.54) is 6.20 Å². The predicted molar refractivity (Wildman–Crippen MR) is 115 cm³/mol. The number of fused-ring (bicyclic) bond motifs is 1. The van der Waals surface area contributed by atoms with Gasteiger partial charge in [0.25, 0.3) is 0 Å². The molecule has 2 N–H and O–H groups in total. The number of halogens is 2. The Morgan fingerprint density at radius 1 is 1.24 bits per heavy atom. The fraction of sp³-hybridized carbons (Fsp3) is 0.435. The second-order valence-electron chi connectivity index (χ2n) is 8.59. The zero-order valence-corrected chi connectivity index (χ0v) is 18.0. The van der Waals surface area contributed by atoms with E-state index in [2.05, 4.69) is 42.6 Å². The SMILES string of the molecule is CC(C)N1C[C@@H](C)[C@](O)(c2ccc(-c3ccnc4[nH]cc(F)c34)cc2Cl)[C@@H](C)C1. The van der Waals surface area contributed by atoms with Crippen molar-refractivity contribution >= 4 is 22.6 Å². The maximum absolute atomic E-state index is 14.3. The molecule has 4 nitrogen and oxygen atoms in total. The van der Waals surface area contributed by atoms with Crippen LogP contribution in [-0.4, -0.2) is 39.1 Å². The predicted octanol–water partition coefficient (Wildman–Crippen LogP) is 5.21. The van der Waals surface area contributed by atoms with E-state index in [1.54, 1.807) is 12.3 Å². The maximum Gasteiger partial charge on any atom is 0.150 e. The van der Waals surface area contributed by atoms with Gasteiger partial charge in [0.2, 0.25) is 0 Å². The third-order valence-corrected chi connectivity index (χ3v) is 6.80. The van der Waals surface area contributed by atoms with E-state index in [0.717, 1.165) is 29.8 Å². The molecular formula is C23H27ClFN3O. The lowest BCUT2D eigenvalue weighted by Crippen LogP contribution is -2.56. The Balaban J connectivity index is 1.75. The summed E-state index contributed by atoms with van der Waals surface area (Å²) in [4.78, 5) is 9.42. The van der Waals surface area contributed by atoms with Crippen LogP contribution in [0.5, 0.6) is 0 Å². The molecule has 2 aromatic heterocycles. The highest BCUT2D eigenvalue weighted by molar-refractivity contribution is 6.31. The van der Waals surface area contributed by atoms with Gasteiger partial charge in [-0.3, -0.25) is 0 Å². The fourth-order valence-corrected chi connectivity index (χ4v) is 5.09. The van der Waals surface area contributed by atoms with E-state index >= 15 is 0 Å². The second-order valence-corrected chi connectivity index (χ2v) is 9.00. The molecule has 1 aromatic carbocycles. The topological polar surface area (TPSA) is 52.1 Å². The molecule has 3 aromatic rings. The quantitative estimate of drug-likeness (QED) is 0.617. The van der Waals surface area contributed by atoms with Crippen LogP contribution in [0.1, 0.15) is 33.3 Å². The number of pyridine rings is 1. The van der Waals surface area contributed by atoms with Crippen molar-refractivity contribution in [3.05, 3.63) is 53.1 Å². The first-order valence-electron chi connectivity index (χ1n) is 10.1. The number of nitrogens with zero attached hydrogens (tertiary/aromatic N) is 2. The molecule has 29 heavy (non-hydrogen) atoms. The van der Waals surface area contributed by atoms with Crippen molar-refractivity contribution in [1.29, 1.82) is 0 Å². The number of aromatic amines is 1. The average molecular weight is 416 g/mol. The molecule has 0 radical (unpaired) electrons. The number of rotatable bonds is 3. The molecule has 0 saturated carbocycles. The van der Waals surface area contributed by atoms with Crippen molar-refractivity contribution in [2.24, 2.45) is 11.8 Å². The van der Waals surface area contributed by atoms with E-state index < -0.39 is 5.60 Å². The number of aliphatic hydroxyl groups is 1. The summed E-state index contributed by atoms with van der Waals surface area (Å²) in [6.07, 6.45) is 2.96. The zero-order valence-electron chi connectivity index (χ0n) is 17.2. The Morgan fingerprint density at radius 3 is 2.55 bits per heavy atom. The smallest absolute Gasteiger partial charge is 0.150 e. The van der Waals surface area contributed by atoms with Crippen LogP contribution >= 0.6 is 11.6 Å². The minimum atomic E-state index is -1.01. The molecule has 3 atom stereocenters. The van der Waals surface area contributed by atoms with Gasteiger partial charge in [-0.25, -0.2) is 9.37 Å². The van der Waals surface area contributed by atoms with Crippen LogP contribution in [0, 0.1) is 17.7 Å². The summed E-state index contributed by atoms with van der Waals surface area (Å²) in [5.74, 6) is -0.274. The summed E-state index contributed by atoms with van der Waals surface area (Å²) < 4.78 is 14.3. The minimum absolute atomic E-state index is 0.0340. The highest BCUT2D eigenvalue weighted by atomic mass is 35.5. The van der Waals surface area contributed by atoms with Gasteiger partial charge >= 0.3 is 0 Å². The van der Waals surface area contributed by atoms with E-state index in [9.17, 15) is 9.50 Å².